The smallest absolute Gasteiger partial charge is 0.330 e. The number of carbonyl (C=O) groups is 6. The fraction of sp³-hybridized carbons (Fsp3) is 0.581. The van der Waals surface area contributed by atoms with Gasteiger partial charge in [-0.15, -0.1) is 0 Å². The molecule has 17 nitrogen and oxygen atoms in total. The fourth-order valence-corrected chi connectivity index (χ4v) is 3.63. The number of unbranched alkanes of at least 4 members (excludes halogenated alkanes) is 1. The lowest BCUT2D eigenvalue weighted by molar-refractivity contribution is -0.141. The van der Waals surface area contributed by atoms with Gasteiger partial charge in [0.1, 0.15) is 19.8 Å². The normalized spacial score (nSPS) is 14.0. The van der Waals surface area contributed by atoms with E-state index in [-0.39, 0.29) is 52.2 Å². The van der Waals surface area contributed by atoms with Crippen molar-refractivity contribution in [2.45, 2.75) is 90.8 Å². The third kappa shape index (κ3) is 55.2. The molecule has 0 amide bonds. The van der Waals surface area contributed by atoms with Gasteiger partial charge in [-0.3, -0.25) is 0 Å². The van der Waals surface area contributed by atoms with Crippen molar-refractivity contribution >= 4 is 35.8 Å². The Morgan fingerprint density at radius 3 is 1.25 bits per heavy atom. The van der Waals surface area contributed by atoms with Crippen molar-refractivity contribution in [3.8, 4) is 0 Å². The van der Waals surface area contributed by atoms with E-state index in [0.717, 1.165) is 36.3 Å². The van der Waals surface area contributed by atoms with Gasteiger partial charge in [0, 0.05) is 56.1 Å². The molecule has 0 aromatic heterocycles. The van der Waals surface area contributed by atoms with Gasteiger partial charge in [-0.2, -0.15) is 0 Å². The molecule has 346 valence electrons. The molecular formula is C43H72O17. The maximum Gasteiger partial charge on any atom is 0.330 e. The highest BCUT2D eigenvalue weighted by atomic mass is 16.6. The van der Waals surface area contributed by atoms with Crippen LogP contribution in [0.1, 0.15) is 78.6 Å². The predicted molar refractivity (Wildman–Crippen MR) is 226 cm³/mol. The fourth-order valence-electron chi connectivity index (χ4n) is 3.63. The number of aliphatic hydroxyl groups is 5. The summed E-state index contributed by atoms with van der Waals surface area (Å²) >= 11 is 0. The molecule has 1 aliphatic carbocycles. The van der Waals surface area contributed by atoms with Crippen LogP contribution in [0.4, 0.5) is 0 Å². The SMILES string of the molecule is C=CC(=O)OCC(C)O.C=CC(=O)OCC(O)CC.C=CC(=O)OCC1CCC(CC)CC1.C=CC(=O)OCCCCO.C=CC(=O)OCCCO.C=CC(=O)OCCO. The Morgan fingerprint density at radius 1 is 0.517 bits per heavy atom. The maximum absolute atomic E-state index is 10.8. The van der Waals surface area contributed by atoms with Crippen LogP contribution in [-0.2, 0) is 57.2 Å². The van der Waals surface area contributed by atoms with Crippen LogP contribution in [0.3, 0.4) is 0 Å². The Hall–Kier alpha value is -4.94. The molecule has 1 fully saturated rings. The summed E-state index contributed by atoms with van der Waals surface area (Å²) in [6.45, 7) is 26.4. The first kappa shape index (κ1) is 64.2. The van der Waals surface area contributed by atoms with Crippen molar-refractivity contribution in [2.24, 2.45) is 11.8 Å². The first-order valence-corrected chi connectivity index (χ1v) is 19.5. The summed E-state index contributed by atoms with van der Waals surface area (Å²) < 4.78 is 27.5. The molecule has 1 saturated carbocycles. The third-order valence-corrected chi connectivity index (χ3v) is 7.04. The number of hydrogen-bond acceptors (Lipinski definition) is 17. The molecule has 2 atom stereocenters. The van der Waals surface area contributed by atoms with Gasteiger partial charge in [-0.05, 0) is 50.9 Å². The molecule has 1 aliphatic rings. The summed E-state index contributed by atoms with van der Waals surface area (Å²) in [6, 6.07) is 0. The van der Waals surface area contributed by atoms with Crippen LogP contribution >= 0.6 is 0 Å². The number of carbonyl (C=O) groups excluding carboxylic acids is 6. The summed E-state index contributed by atoms with van der Waals surface area (Å²) in [4.78, 5) is 62.2. The van der Waals surface area contributed by atoms with Crippen LogP contribution in [-0.4, -0.2) is 133 Å². The molecule has 0 aromatic carbocycles. The molecule has 5 N–H and O–H groups in total. The van der Waals surface area contributed by atoms with Gasteiger partial charge >= 0.3 is 35.8 Å². The van der Waals surface area contributed by atoms with E-state index in [2.05, 4.69) is 70.1 Å². The van der Waals surface area contributed by atoms with Crippen molar-refractivity contribution in [3.05, 3.63) is 75.9 Å². The van der Waals surface area contributed by atoms with Crippen molar-refractivity contribution in [2.75, 3.05) is 59.5 Å². The van der Waals surface area contributed by atoms with E-state index in [4.69, 9.17) is 30.3 Å². The molecule has 0 heterocycles. The first-order chi connectivity index (χ1) is 28.5. The van der Waals surface area contributed by atoms with E-state index in [1.54, 1.807) is 0 Å². The summed E-state index contributed by atoms with van der Waals surface area (Å²) in [5.41, 5.74) is 0. The summed E-state index contributed by atoms with van der Waals surface area (Å²) in [7, 11) is 0. The monoisotopic (exact) mass is 860 g/mol. The van der Waals surface area contributed by atoms with Crippen LogP contribution < -0.4 is 0 Å². The standard InChI is InChI=1S/C12H20O2.2C7H12O3.2C6H10O3.C5H8O3/c1-3-10-5-7-11(8-6-10)9-14-12(13)4-2;1-3-6(8)5-10-7(9)4-2;1-2-7(9)10-6-4-3-5-8;1-3-6(8)9-4-5(2)7;1-2-6(8)9-5-3-4-7;1-2-5(7)8-4-3-6/h4,10-11H,2-3,5-9H2,1H3;4,6,8H,2-3,5H2,1H3;2,8H,1,3-6H2;3,5,7H,1,4H2,2H3;2,7H,1,3-5H2;2,6H,1,3-4H2. The quantitative estimate of drug-likeness (QED) is 0.0423. The Morgan fingerprint density at radius 2 is 0.883 bits per heavy atom. The molecule has 0 radical (unpaired) electrons. The zero-order valence-electron chi connectivity index (χ0n) is 35.9. The van der Waals surface area contributed by atoms with Crippen LogP contribution in [0, 0.1) is 11.8 Å². The van der Waals surface area contributed by atoms with Crippen molar-refractivity contribution in [1.29, 1.82) is 0 Å². The van der Waals surface area contributed by atoms with Crippen LogP contribution in [0.5, 0.6) is 0 Å². The van der Waals surface area contributed by atoms with E-state index < -0.39 is 42.1 Å². The van der Waals surface area contributed by atoms with Crippen LogP contribution in [0.2, 0.25) is 0 Å². The van der Waals surface area contributed by atoms with E-state index in [9.17, 15) is 28.8 Å². The number of hydrogen-bond donors (Lipinski definition) is 5. The number of esters is 6. The van der Waals surface area contributed by atoms with E-state index in [1.807, 2.05) is 6.92 Å². The molecule has 2 unspecified atom stereocenters. The largest absolute Gasteiger partial charge is 0.463 e. The number of rotatable bonds is 23. The van der Waals surface area contributed by atoms with Gasteiger partial charge in [0.25, 0.3) is 0 Å². The predicted octanol–water partition coefficient (Wildman–Crippen LogP) is 3.81. The van der Waals surface area contributed by atoms with Gasteiger partial charge in [-0.1, -0.05) is 72.6 Å². The number of aliphatic hydroxyl groups excluding tert-OH is 5. The van der Waals surface area contributed by atoms with Gasteiger partial charge in [0.05, 0.1) is 38.6 Å². The summed E-state index contributed by atoms with van der Waals surface area (Å²) in [6.07, 6.45) is 14.2. The molecule has 0 bridgehead atoms. The van der Waals surface area contributed by atoms with E-state index >= 15 is 0 Å². The molecule has 0 aromatic rings. The highest BCUT2D eigenvalue weighted by Gasteiger charge is 2.20. The maximum atomic E-state index is 10.8. The van der Waals surface area contributed by atoms with Gasteiger partial charge < -0.3 is 54.0 Å². The lowest BCUT2D eigenvalue weighted by atomic mass is 9.81. The lowest BCUT2D eigenvalue weighted by Gasteiger charge is -2.27. The number of ether oxygens (including phenoxy) is 6. The van der Waals surface area contributed by atoms with E-state index in [1.165, 1.54) is 45.1 Å². The van der Waals surface area contributed by atoms with Gasteiger partial charge in [0.2, 0.25) is 0 Å². The minimum atomic E-state index is -0.603. The lowest BCUT2D eigenvalue weighted by Crippen LogP contribution is -2.19. The molecule has 0 spiro atoms. The zero-order valence-corrected chi connectivity index (χ0v) is 35.9. The van der Waals surface area contributed by atoms with Crippen molar-refractivity contribution < 1.29 is 82.7 Å². The second-order valence-corrected chi connectivity index (χ2v) is 12.1. The minimum absolute atomic E-state index is 0.0326. The second kappa shape index (κ2) is 50.2. The molecule has 17 heteroatoms. The Labute approximate surface area is 356 Å². The minimum Gasteiger partial charge on any atom is -0.463 e. The average Bonchev–Trinajstić information content (AvgIpc) is 3.27. The van der Waals surface area contributed by atoms with Crippen LogP contribution in [0.15, 0.2) is 75.9 Å². The van der Waals surface area contributed by atoms with Crippen LogP contribution in [0.25, 0.3) is 0 Å². The van der Waals surface area contributed by atoms with Gasteiger partial charge in [0.15, 0.2) is 0 Å². The summed E-state index contributed by atoms with van der Waals surface area (Å²) in [5, 5.41) is 42.1. The van der Waals surface area contributed by atoms with Gasteiger partial charge in [-0.25, -0.2) is 28.8 Å². The Bertz CT molecular complexity index is 1170. The topological polar surface area (TPSA) is 259 Å². The Balaban J connectivity index is -0.000000204. The second-order valence-electron chi connectivity index (χ2n) is 12.1. The molecule has 0 saturated heterocycles. The Kier molecular flexibility index (Phi) is 53.7. The molecule has 0 aliphatic heterocycles. The zero-order chi connectivity index (χ0) is 47.0. The molecule has 1 rings (SSSR count). The van der Waals surface area contributed by atoms with Crippen molar-refractivity contribution in [3.63, 3.8) is 0 Å². The highest BCUT2D eigenvalue weighted by molar-refractivity contribution is 5.82. The third-order valence-electron chi connectivity index (χ3n) is 7.04. The van der Waals surface area contributed by atoms with Crippen molar-refractivity contribution in [1.82, 2.24) is 0 Å². The molecular weight excluding hydrogens is 788 g/mol. The molecule has 60 heavy (non-hydrogen) atoms. The summed E-state index contributed by atoms with van der Waals surface area (Å²) in [5.74, 6) is -1.14. The van der Waals surface area contributed by atoms with E-state index in [0.29, 0.717) is 44.8 Å². The highest BCUT2D eigenvalue weighted by Crippen LogP contribution is 2.30. The average molecular weight is 861 g/mol. The first-order valence-electron chi connectivity index (χ1n) is 19.5.